The Labute approximate surface area is 83.5 Å². The third kappa shape index (κ3) is 4.63. The van der Waals surface area contributed by atoms with Gasteiger partial charge in [-0.15, -0.1) is 0 Å². The number of hydrogen-bond acceptors (Lipinski definition) is 2. The van der Waals surface area contributed by atoms with Crippen molar-refractivity contribution in [2.45, 2.75) is 59.0 Å². The van der Waals surface area contributed by atoms with Crippen LogP contribution in [0.5, 0.6) is 0 Å². The maximum atomic E-state index is 5.79. The molecule has 0 aliphatic carbocycles. The maximum absolute atomic E-state index is 5.79. The van der Waals surface area contributed by atoms with Crippen molar-refractivity contribution in [3.05, 3.63) is 0 Å². The Morgan fingerprint density at radius 2 is 1.77 bits per heavy atom. The fourth-order valence-electron chi connectivity index (χ4n) is 1.87. The Bertz CT molecular complexity index is 113. The van der Waals surface area contributed by atoms with Gasteiger partial charge >= 0.3 is 0 Å². The standard InChI is InChI=1S/C11H26N2/c1-5-7-11(9-12)13(8-6-2)10(3)4/h10-11H,5-9,12H2,1-4H3. The molecule has 2 nitrogen and oxygen atoms in total. The summed E-state index contributed by atoms with van der Waals surface area (Å²) >= 11 is 0. The van der Waals surface area contributed by atoms with Crippen LogP contribution in [0.25, 0.3) is 0 Å². The monoisotopic (exact) mass is 186 g/mol. The van der Waals surface area contributed by atoms with Crippen LogP contribution in [0.4, 0.5) is 0 Å². The lowest BCUT2D eigenvalue weighted by Crippen LogP contribution is -2.45. The first-order valence-electron chi connectivity index (χ1n) is 5.63. The van der Waals surface area contributed by atoms with Crippen LogP contribution < -0.4 is 5.73 Å². The molecule has 0 bridgehead atoms. The van der Waals surface area contributed by atoms with E-state index in [9.17, 15) is 0 Å². The van der Waals surface area contributed by atoms with E-state index in [2.05, 4.69) is 32.6 Å². The molecule has 0 saturated carbocycles. The van der Waals surface area contributed by atoms with Crippen molar-refractivity contribution in [3.8, 4) is 0 Å². The summed E-state index contributed by atoms with van der Waals surface area (Å²) in [5.41, 5.74) is 5.79. The highest BCUT2D eigenvalue weighted by Gasteiger charge is 2.17. The fraction of sp³-hybridized carbons (Fsp3) is 1.00. The van der Waals surface area contributed by atoms with Crippen molar-refractivity contribution in [3.63, 3.8) is 0 Å². The highest BCUT2D eigenvalue weighted by molar-refractivity contribution is 4.74. The molecule has 0 aliphatic rings. The molecule has 1 unspecified atom stereocenters. The first kappa shape index (κ1) is 12.9. The van der Waals surface area contributed by atoms with Gasteiger partial charge in [0.1, 0.15) is 0 Å². The maximum Gasteiger partial charge on any atom is 0.0221 e. The van der Waals surface area contributed by atoms with E-state index in [1.54, 1.807) is 0 Å². The lowest BCUT2D eigenvalue weighted by Gasteiger charge is -2.34. The van der Waals surface area contributed by atoms with E-state index in [1.165, 1.54) is 25.8 Å². The second kappa shape index (κ2) is 7.34. The molecule has 0 aromatic heterocycles. The Hall–Kier alpha value is -0.0800. The molecule has 0 aliphatic heterocycles. The minimum Gasteiger partial charge on any atom is -0.329 e. The van der Waals surface area contributed by atoms with Gasteiger partial charge in [-0.1, -0.05) is 20.3 Å². The molecule has 0 radical (unpaired) electrons. The molecule has 2 N–H and O–H groups in total. The molecule has 0 rings (SSSR count). The minimum absolute atomic E-state index is 0.588. The summed E-state index contributed by atoms with van der Waals surface area (Å²) < 4.78 is 0. The van der Waals surface area contributed by atoms with Crippen LogP contribution in [0, 0.1) is 0 Å². The van der Waals surface area contributed by atoms with Crippen LogP contribution in [-0.4, -0.2) is 30.1 Å². The van der Waals surface area contributed by atoms with Crippen LogP contribution in [-0.2, 0) is 0 Å². The Morgan fingerprint density at radius 3 is 2.08 bits per heavy atom. The van der Waals surface area contributed by atoms with Crippen LogP contribution in [0.15, 0.2) is 0 Å². The second-order valence-corrected chi connectivity index (χ2v) is 4.01. The number of hydrogen-bond donors (Lipinski definition) is 1. The molecule has 80 valence electrons. The molecule has 0 spiro atoms. The molecule has 0 aromatic carbocycles. The number of nitrogens with two attached hydrogens (primary N) is 1. The second-order valence-electron chi connectivity index (χ2n) is 4.01. The molecule has 0 fully saturated rings. The van der Waals surface area contributed by atoms with Crippen LogP contribution in [0.1, 0.15) is 47.0 Å². The predicted molar refractivity (Wildman–Crippen MR) is 59.9 cm³/mol. The topological polar surface area (TPSA) is 29.3 Å². The van der Waals surface area contributed by atoms with Gasteiger partial charge in [-0.2, -0.15) is 0 Å². The van der Waals surface area contributed by atoms with E-state index in [0.717, 1.165) is 6.54 Å². The van der Waals surface area contributed by atoms with Crippen molar-refractivity contribution < 1.29 is 0 Å². The lowest BCUT2D eigenvalue weighted by atomic mass is 10.1. The molecule has 2 heteroatoms. The summed E-state index contributed by atoms with van der Waals surface area (Å²) in [7, 11) is 0. The summed E-state index contributed by atoms with van der Waals surface area (Å²) in [6, 6.07) is 1.21. The van der Waals surface area contributed by atoms with E-state index in [1.807, 2.05) is 0 Å². The fourth-order valence-corrected chi connectivity index (χ4v) is 1.87. The van der Waals surface area contributed by atoms with E-state index >= 15 is 0 Å². The predicted octanol–water partition coefficient (Wildman–Crippen LogP) is 2.23. The molecule has 0 amide bonds. The van der Waals surface area contributed by atoms with E-state index in [0.29, 0.717) is 12.1 Å². The van der Waals surface area contributed by atoms with Gasteiger partial charge in [-0.3, -0.25) is 4.90 Å². The van der Waals surface area contributed by atoms with Gasteiger partial charge in [0, 0.05) is 18.6 Å². The highest BCUT2D eigenvalue weighted by atomic mass is 15.2. The molecule has 0 aromatic rings. The third-order valence-electron chi connectivity index (χ3n) is 2.51. The molecular weight excluding hydrogens is 160 g/mol. The van der Waals surface area contributed by atoms with Crippen molar-refractivity contribution >= 4 is 0 Å². The van der Waals surface area contributed by atoms with Gasteiger partial charge in [0.05, 0.1) is 0 Å². The van der Waals surface area contributed by atoms with E-state index < -0.39 is 0 Å². The Balaban J connectivity index is 4.11. The zero-order valence-electron chi connectivity index (χ0n) is 9.71. The lowest BCUT2D eigenvalue weighted by molar-refractivity contribution is 0.148. The third-order valence-corrected chi connectivity index (χ3v) is 2.51. The molecule has 0 heterocycles. The summed E-state index contributed by atoms with van der Waals surface area (Å²) in [5, 5.41) is 0. The van der Waals surface area contributed by atoms with Crippen LogP contribution in [0.2, 0.25) is 0 Å². The molecule has 1 atom stereocenters. The van der Waals surface area contributed by atoms with Crippen molar-refractivity contribution in [1.29, 1.82) is 0 Å². The van der Waals surface area contributed by atoms with Crippen molar-refractivity contribution in [2.75, 3.05) is 13.1 Å². The normalized spacial score (nSPS) is 14.1. The van der Waals surface area contributed by atoms with Crippen molar-refractivity contribution in [2.24, 2.45) is 5.73 Å². The molecule has 0 saturated heterocycles. The Kier molecular flexibility index (Phi) is 7.29. The van der Waals surface area contributed by atoms with E-state index in [-0.39, 0.29) is 0 Å². The van der Waals surface area contributed by atoms with E-state index in [4.69, 9.17) is 5.73 Å². The number of rotatable bonds is 7. The van der Waals surface area contributed by atoms with Gasteiger partial charge < -0.3 is 5.73 Å². The zero-order chi connectivity index (χ0) is 10.3. The first-order chi connectivity index (χ1) is 6.17. The van der Waals surface area contributed by atoms with Crippen molar-refractivity contribution in [1.82, 2.24) is 4.90 Å². The zero-order valence-corrected chi connectivity index (χ0v) is 9.71. The van der Waals surface area contributed by atoms with Crippen LogP contribution >= 0.6 is 0 Å². The van der Waals surface area contributed by atoms with Gasteiger partial charge in [-0.05, 0) is 33.2 Å². The minimum atomic E-state index is 0.588. The molecule has 13 heavy (non-hydrogen) atoms. The summed E-state index contributed by atoms with van der Waals surface area (Å²) in [5.74, 6) is 0. The average Bonchev–Trinajstić information content (AvgIpc) is 2.10. The van der Waals surface area contributed by atoms with Gasteiger partial charge in [0.2, 0.25) is 0 Å². The Morgan fingerprint density at radius 1 is 1.15 bits per heavy atom. The average molecular weight is 186 g/mol. The highest BCUT2D eigenvalue weighted by Crippen LogP contribution is 2.10. The SMILES string of the molecule is CCCC(CN)N(CCC)C(C)C. The summed E-state index contributed by atoms with van der Waals surface area (Å²) in [6.07, 6.45) is 3.68. The summed E-state index contributed by atoms with van der Waals surface area (Å²) in [4.78, 5) is 2.53. The smallest absolute Gasteiger partial charge is 0.0221 e. The van der Waals surface area contributed by atoms with Gasteiger partial charge in [0.15, 0.2) is 0 Å². The number of nitrogens with zero attached hydrogens (tertiary/aromatic N) is 1. The first-order valence-corrected chi connectivity index (χ1v) is 5.63. The summed E-state index contributed by atoms with van der Waals surface area (Å²) in [6.45, 7) is 11.0. The quantitative estimate of drug-likeness (QED) is 0.660. The van der Waals surface area contributed by atoms with Gasteiger partial charge in [-0.25, -0.2) is 0 Å². The van der Waals surface area contributed by atoms with Gasteiger partial charge in [0.25, 0.3) is 0 Å². The molecular formula is C11H26N2. The van der Waals surface area contributed by atoms with Crippen LogP contribution in [0.3, 0.4) is 0 Å². The largest absolute Gasteiger partial charge is 0.329 e.